The molecule has 1 aromatic carbocycles. The maximum atomic E-state index is 4.58. The summed E-state index contributed by atoms with van der Waals surface area (Å²) in [6, 6.07) is 10.9. The van der Waals surface area contributed by atoms with Crippen LogP contribution >= 0.6 is 0 Å². The van der Waals surface area contributed by atoms with E-state index in [1.165, 1.54) is 50.5 Å². The zero-order valence-corrected chi connectivity index (χ0v) is 16.3. The molecule has 0 saturated heterocycles. The van der Waals surface area contributed by atoms with Crippen LogP contribution < -0.4 is 0 Å². The lowest BCUT2D eigenvalue weighted by Gasteiger charge is -2.29. The van der Waals surface area contributed by atoms with Gasteiger partial charge in [-0.25, -0.2) is 0 Å². The normalized spacial score (nSPS) is 15.9. The van der Waals surface area contributed by atoms with Gasteiger partial charge in [-0.3, -0.25) is 0 Å². The second kappa shape index (κ2) is 11.1. The van der Waals surface area contributed by atoms with Crippen molar-refractivity contribution < 1.29 is 0 Å². The number of benzene rings is 1. The highest BCUT2D eigenvalue weighted by Crippen LogP contribution is 2.37. The molecule has 0 aliphatic carbocycles. The van der Waals surface area contributed by atoms with Gasteiger partial charge in [0, 0.05) is 0 Å². The van der Waals surface area contributed by atoms with Gasteiger partial charge in [0.15, 0.2) is 12.4 Å². The van der Waals surface area contributed by atoms with Crippen molar-refractivity contribution in [2.24, 2.45) is 27.7 Å². The maximum absolute atomic E-state index is 4.58. The summed E-state index contributed by atoms with van der Waals surface area (Å²) in [4.78, 5) is 9.16. The van der Waals surface area contributed by atoms with Gasteiger partial charge < -0.3 is 0 Å². The van der Waals surface area contributed by atoms with Crippen LogP contribution in [0.4, 0.5) is 0 Å². The minimum absolute atomic E-state index is 0.474. The molecule has 0 N–H and O–H groups in total. The number of hydrogen-bond acceptors (Lipinski definition) is 2. The van der Waals surface area contributed by atoms with E-state index in [1.807, 2.05) is 12.4 Å². The highest BCUT2D eigenvalue weighted by atomic mass is 15.0. The molecular formula is C23H35N2+. The fourth-order valence-corrected chi connectivity index (χ4v) is 3.85. The van der Waals surface area contributed by atoms with Gasteiger partial charge in [-0.05, 0) is 30.2 Å². The van der Waals surface area contributed by atoms with Crippen LogP contribution in [-0.4, -0.2) is 12.4 Å². The summed E-state index contributed by atoms with van der Waals surface area (Å²) < 4.78 is 0. The van der Waals surface area contributed by atoms with Gasteiger partial charge in [0.2, 0.25) is 6.17 Å². The summed E-state index contributed by atoms with van der Waals surface area (Å²) in [5, 5.41) is 0. The van der Waals surface area contributed by atoms with E-state index in [2.05, 4.69) is 61.1 Å². The first-order valence-corrected chi connectivity index (χ1v) is 10.2. The minimum atomic E-state index is 0.474. The molecule has 2 heteroatoms. The van der Waals surface area contributed by atoms with E-state index in [0.717, 1.165) is 12.6 Å². The van der Waals surface area contributed by atoms with Crippen LogP contribution in [0.15, 0.2) is 40.3 Å². The van der Waals surface area contributed by atoms with Crippen LogP contribution in [0.2, 0.25) is 0 Å². The third-order valence-corrected chi connectivity index (χ3v) is 5.37. The van der Waals surface area contributed by atoms with Gasteiger partial charge >= 0.3 is 0 Å². The molecule has 2 rings (SSSR count). The number of rotatable bonds is 12. The molecule has 25 heavy (non-hydrogen) atoms. The minimum Gasteiger partial charge on any atom is -0.0965 e. The Morgan fingerprint density at radius 2 is 1.52 bits per heavy atom. The van der Waals surface area contributed by atoms with E-state index in [9.17, 15) is 0 Å². The molecular weight excluding hydrogens is 304 g/mol. The van der Waals surface area contributed by atoms with Crippen LogP contribution in [0.5, 0.6) is 0 Å². The third-order valence-electron chi connectivity index (χ3n) is 5.37. The Morgan fingerprint density at radius 1 is 0.880 bits per heavy atom. The molecule has 0 amide bonds. The molecule has 0 radical (unpaired) electrons. The zero-order chi connectivity index (χ0) is 17.9. The molecule has 2 nitrogen and oxygen atoms in total. The summed E-state index contributed by atoms with van der Waals surface area (Å²) >= 11 is 0. The SMILES string of the molecule is CCCCCCCCC([C+]1N=CC=N1)C(Cc1ccccc1)C(C)C. The second-order valence-electron chi connectivity index (χ2n) is 7.68. The highest BCUT2D eigenvalue weighted by molar-refractivity contribution is 6.18. The molecule has 0 fully saturated rings. The lowest BCUT2D eigenvalue weighted by Crippen LogP contribution is -2.26. The Bertz CT molecular complexity index is 506. The van der Waals surface area contributed by atoms with Crippen molar-refractivity contribution in [3.63, 3.8) is 0 Å². The number of aliphatic imine (C=N–C) groups is 2. The molecule has 0 spiro atoms. The third kappa shape index (κ3) is 6.68. The lowest BCUT2D eigenvalue weighted by molar-refractivity contribution is 0.240. The van der Waals surface area contributed by atoms with Gasteiger partial charge in [-0.15, -0.1) is 0 Å². The largest absolute Gasteiger partial charge is 0.244 e. The monoisotopic (exact) mass is 339 g/mol. The maximum Gasteiger partial charge on any atom is 0.244 e. The average molecular weight is 340 g/mol. The molecule has 1 aromatic rings. The van der Waals surface area contributed by atoms with Crippen molar-refractivity contribution >= 4 is 12.4 Å². The van der Waals surface area contributed by atoms with E-state index >= 15 is 0 Å². The van der Waals surface area contributed by atoms with Gasteiger partial charge in [0.05, 0.1) is 5.92 Å². The fourth-order valence-electron chi connectivity index (χ4n) is 3.85. The van der Waals surface area contributed by atoms with Crippen LogP contribution in [-0.2, 0) is 6.42 Å². The van der Waals surface area contributed by atoms with Gasteiger partial charge in [0.25, 0.3) is 0 Å². The van der Waals surface area contributed by atoms with Crippen LogP contribution in [0.25, 0.3) is 0 Å². The Kier molecular flexibility index (Phi) is 8.79. The molecule has 2 atom stereocenters. The van der Waals surface area contributed by atoms with Crippen molar-refractivity contribution in [3.8, 4) is 0 Å². The second-order valence-corrected chi connectivity index (χ2v) is 7.68. The van der Waals surface area contributed by atoms with Crippen molar-refractivity contribution in [3.05, 3.63) is 42.1 Å². The van der Waals surface area contributed by atoms with Crippen molar-refractivity contribution in [1.29, 1.82) is 0 Å². The zero-order valence-electron chi connectivity index (χ0n) is 16.3. The van der Waals surface area contributed by atoms with E-state index in [0.29, 0.717) is 17.8 Å². The molecule has 1 aliphatic heterocycles. The average Bonchev–Trinajstić information content (AvgIpc) is 3.15. The van der Waals surface area contributed by atoms with E-state index in [1.54, 1.807) is 0 Å². The summed E-state index contributed by atoms with van der Waals surface area (Å²) in [7, 11) is 0. The van der Waals surface area contributed by atoms with Crippen LogP contribution in [0.1, 0.15) is 71.3 Å². The first-order valence-electron chi connectivity index (χ1n) is 10.2. The van der Waals surface area contributed by atoms with Gasteiger partial charge in [0.1, 0.15) is 0 Å². The lowest BCUT2D eigenvalue weighted by atomic mass is 9.75. The van der Waals surface area contributed by atoms with Crippen molar-refractivity contribution in [1.82, 2.24) is 0 Å². The summed E-state index contributed by atoms with van der Waals surface area (Å²) in [5.74, 6) is 1.70. The summed E-state index contributed by atoms with van der Waals surface area (Å²) in [6.45, 7) is 6.98. The van der Waals surface area contributed by atoms with E-state index in [4.69, 9.17) is 0 Å². The molecule has 0 bridgehead atoms. The number of hydrogen-bond donors (Lipinski definition) is 0. The molecule has 1 heterocycles. The quantitative estimate of drug-likeness (QED) is 0.306. The molecule has 0 saturated carbocycles. The summed E-state index contributed by atoms with van der Waals surface area (Å²) in [6.07, 6.45) is 15.2. The van der Waals surface area contributed by atoms with Gasteiger partial charge in [-0.1, -0.05) is 99.6 Å². The Hall–Kier alpha value is -1.57. The van der Waals surface area contributed by atoms with Gasteiger partial charge in [-0.2, -0.15) is 0 Å². The fraction of sp³-hybridized carbons (Fsp3) is 0.609. The molecule has 0 aromatic heterocycles. The van der Waals surface area contributed by atoms with E-state index < -0.39 is 0 Å². The smallest absolute Gasteiger partial charge is 0.0965 e. The molecule has 2 unspecified atom stereocenters. The predicted octanol–water partition coefficient (Wildman–Crippen LogP) is 6.51. The Balaban J connectivity index is 1.98. The molecule has 136 valence electrons. The number of unbranched alkanes of at least 4 members (excludes halogenated alkanes) is 5. The Labute approximate surface area is 154 Å². The van der Waals surface area contributed by atoms with Crippen LogP contribution in [0, 0.1) is 23.9 Å². The first kappa shape index (κ1) is 19.8. The van der Waals surface area contributed by atoms with Crippen molar-refractivity contribution in [2.75, 3.05) is 0 Å². The Morgan fingerprint density at radius 3 is 2.16 bits per heavy atom. The van der Waals surface area contributed by atoms with Crippen LogP contribution in [0.3, 0.4) is 0 Å². The van der Waals surface area contributed by atoms with Crippen molar-refractivity contribution in [2.45, 2.75) is 72.1 Å². The summed E-state index contributed by atoms with van der Waals surface area (Å²) in [5.41, 5.74) is 1.43. The predicted molar refractivity (Wildman–Crippen MR) is 110 cm³/mol. The molecule has 1 aliphatic rings. The topological polar surface area (TPSA) is 24.7 Å². The first-order chi connectivity index (χ1) is 12.2. The standard InChI is InChI=1S/C23H35N2/c1-4-5-6-7-8-12-15-21(23-24-16-17-25-23)22(19(2)3)18-20-13-10-9-11-14-20/h9-11,13-14,16-17,19,21-22H,4-8,12,15,18H2,1-3H3/q+1. The van der Waals surface area contributed by atoms with E-state index in [-0.39, 0.29) is 0 Å². The highest BCUT2D eigenvalue weighted by Gasteiger charge is 2.36. The number of nitrogens with zero attached hydrogens (tertiary/aromatic N) is 2.